The summed E-state index contributed by atoms with van der Waals surface area (Å²) in [4.78, 5) is 22.1. The molecule has 3 aromatic heterocycles. The van der Waals surface area contributed by atoms with Gasteiger partial charge in [0.05, 0.1) is 22.2 Å². The molecule has 1 fully saturated rings. The van der Waals surface area contributed by atoms with Crippen LogP contribution in [0.3, 0.4) is 0 Å². The van der Waals surface area contributed by atoms with Crippen LogP contribution in [0.5, 0.6) is 0 Å². The molecular weight excluding hydrogens is 350 g/mol. The summed E-state index contributed by atoms with van der Waals surface area (Å²) in [6.07, 6.45) is 6.63. The van der Waals surface area contributed by atoms with Gasteiger partial charge >= 0.3 is 0 Å². The van der Waals surface area contributed by atoms with E-state index in [1.165, 1.54) is 0 Å². The van der Waals surface area contributed by atoms with Crippen molar-refractivity contribution in [2.45, 2.75) is 58.4 Å². The van der Waals surface area contributed by atoms with E-state index in [1.807, 2.05) is 36.0 Å². The van der Waals surface area contributed by atoms with Gasteiger partial charge in [0.2, 0.25) is 0 Å². The van der Waals surface area contributed by atoms with E-state index in [4.69, 9.17) is 10.1 Å². The summed E-state index contributed by atoms with van der Waals surface area (Å²) in [6.45, 7) is 8.85. The van der Waals surface area contributed by atoms with E-state index in [-0.39, 0.29) is 11.4 Å². The lowest BCUT2D eigenvalue weighted by atomic mass is 10.1. The molecule has 6 heteroatoms. The van der Waals surface area contributed by atoms with Crippen LogP contribution in [0.2, 0.25) is 0 Å². The smallest absolute Gasteiger partial charge is 0.252 e. The topological polar surface area (TPSA) is 72.7 Å². The van der Waals surface area contributed by atoms with Crippen LogP contribution in [0.25, 0.3) is 11.0 Å². The van der Waals surface area contributed by atoms with Crippen LogP contribution in [0.1, 0.15) is 66.8 Å². The first-order valence-electron chi connectivity index (χ1n) is 9.92. The molecule has 1 aliphatic rings. The fourth-order valence-corrected chi connectivity index (χ4v) is 3.50. The highest BCUT2D eigenvalue weighted by Gasteiger charge is 2.30. The Morgan fingerprint density at radius 2 is 2.11 bits per heavy atom. The maximum atomic E-state index is 13.1. The molecule has 28 heavy (non-hydrogen) atoms. The average Bonchev–Trinajstić information content (AvgIpc) is 3.45. The minimum atomic E-state index is -0.199. The zero-order valence-electron chi connectivity index (χ0n) is 17.0. The lowest BCUT2D eigenvalue weighted by molar-refractivity contribution is 0.0955. The lowest BCUT2D eigenvalue weighted by Crippen LogP contribution is -2.26. The first-order valence-corrected chi connectivity index (χ1v) is 9.92. The number of nitrogens with one attached hydrogen (secondary N) is 1. The lowest BCUT2D eigenvalue weighted by Gasteiger charge is -2.20. The quantitative estimate of drug-likeness (QED) is 0.735. The van der Waals surface area contributed by atoms with Gasteiger partial charge in [-0.3, -0.25) is 9.78 Å². The third-order valence-corrected chi connectivity index (χ3v) is 5.13. The summed E-state index contributed by atoms with van der Waals surface area (Å²) in [5.74, 6) is 0.407. The minimum Gasteiger partial charge on any atom is -0.352 e. The molecule has 1 N–H and O–H groups in total. The van der Waals surface area contributed by atoms with Crippen LogP contribution in [0, 0.1) is 6.92 Å². The number of amides is 1. The van der Waals surface area contributed by atoms with E-state index >= 15 is 0 Å². The number of nitrogens with zero attached hydrogens (tertiary/aromatic N) is 4. The Balaban J connectivity index is 1.67. The molecule has 4 rings (SSSR count). The molecule has 3 aromatic rings. The largest absolute Gasteiger partial charge is 0.352 e. The molecule has 146 valence electrons. The minimum absolute atomic E-state index is 0.0604. The number of aromatic nitrogens is 4. The van der Waals surface area contributed by atoms with Gasteiger partial charge in [0.1, 0.15) is 0 Å². The van der Waals surface area contributed by atoms with E-state index < -0.39 is 0 Å². The van der Waals surface area contributed by atoms with Crippen LogP contribution in [-0.4, -0.2) is 32.2 Å². The molecule has 0 bridgehead atoms. The second-order valence-corrected chi connectivity index (χ2v) is 8.60. The van der Waals surface area contributed by atoms with Crippen LogP contribution in [0.15, 0.2) is 30.6 Å². The van der Waals surface area contributed by atoms with Crippen molar-refractivity contribution in [2.75, 3.05) is 6.54 Å². The van der Waals surface area contributed by atoms with Gasteiger partial charge in [-0.1, -0.05) is 6.07 Å². The Morgan fingerprint density at radius 3 is 2.75 bits per heavy atom. The number of pyridine rings is 2. The van der Waals surface area contributed by atoms with Crippen molar-refractivity contribution in [3.05, 3.63) is 53.1 Å². The van der Waals surface area contributed by atoms with E-state index in [0.29, 0.717) is 18.0 Å². The maximum absolute atomic E-state index is 13.1. The Morgan fingerprint density at radius 1 is 1.32 bits per heavy atom. The first-order chi connectivity index (χ1) is 13.3. The van der Waals surface area contributed by atoms with Crippen molar-refractivity contribution in [1.82, 2.24) is 25.1 Å². The van der Waals surface area contributed by atoms with E-state index in [0.717, 1.165) is 47.2 Å². The van der Waals surface area contributed by atoms with E-state index in [1.54, 1.807) is 6.20 Å². The van der Waals surface area contributed by atoms with Gasteiger partial charge in [-0.05, 0) is 64.7 Å². The summed E-state index contributed by atoms with van der Waals surface area (Å²) in [6, 6.07) is 5.91. The van der Waals surface area contributed by atoms with Gasteiger partial charge in [-0.15, -0.1) is 0 Å². The number of rotatable bonds is 5. The van der Waals surface area contributed by atoms with Crippen molar-refractivity contribution in [3.63, 3.8) is 0 Å². The van der Waals surface area contributed by atoms with Gasteiger partial charge in [-0.25, -0.2) is 9.67 Å². The second-order valence-electron chi connectivity index (χ2n) is 8.60. The Kier molecular flexibility index (Phi) is 4.65. The molecule has 0 aliphatic heterocycles. The molecule has 1 saturated carbocycles. The highest BCUT2D eigenvalue weighted by Crippen LogP contribution is 2.40. The number of hydrogen-bond donors (Lipinski definition) is 1. The molecule has 0 atom stereocenters. The molecule has 3 heterocycles. The molecule has 0 unspecified atom stereocenters. The zero-order valence-corrected chi connectivity index (χ0v) is 17.0. The molecule has 0 radical (unpaired) electrons. The average molecular weight is 377 g/mol. The standard InChI is InChI=1S/C22H27N5O/c1-14-19-17(21(28)24-11-9-15-6-5-10-23-13-15)12-18(16-7-8-16)25-20(19)27(26-14)22(2,3)4/h5-6,10,12-13,16H,7-9,11H2,1-4H3,(H,24,28). The number of carbonyl (C=O) groups is 1. The van der Waals surface area contributed by atoms with E-state index in [2.05, 4.69) is 31.1 Å². The summed E-state index contributed by atoms with van der Waals surface area (Å²) < 4.78 is 1.95. The zero-order chi connectivity index (χ0) is 19.9. The van der Waals surface area contributed by atoms with Gasteiger partial charge in [0.15, 0.2) is 5.65 Å². The molecule has 6 nitrogen and oxygen atoms in total. The summed E-state index contributed by atoms with van der Waals surface area (Å²) in [5, 5.41) is 8.65. The third-order valence-electron chi connectivity index (χ3n) is 5.13. The van der Waals surface area contributed by atoms with Crippen LogP contribution < -0.4 is 5.32 Å². The molecule has 1 amide bonds. The number of aryl methyl sites for hydroxylation is 1. The molecular formula is C22H27N5O. The van der Waals surface area contributed by atoms with Gasteiger partial charge in [-0.2, -0.15) is 5.10 Å². The van der Waals surface area contributed by atoms with Crippen molar-refractivity contribution < 1.29 is 4.79 Å². The second kappa shape index (κ2) is 7.00. The molecule has 1 aliphatic carbocycles. The van der Waals surface area contributed by atoms with Crippen LogP contribution in [-0.2, 0) is 12.0 Å². The monoisotopic (exact) mass is 377 g/mol. The van der Waals surface area contributed by atoms with Crippen molar-refractivity contribution in [2.24, 2.45) is 0 Å². The normalized spacial score (nSPS) is 14.4. The summed E-state index contributed by atoms with van der Waals surface area (Å²) >= 11 is 0. The SMILES string of the molecule is Cc1nn(C(C)(C)C)c2nc(C3CC3)cc(C(=O)NCCc3cccnc3)c12. The highest BCUT2D eigenvalue weighted by atomic mass is 16.1. The first kappa shape index (κ1) is 18.6. The Bertz CT molecular complexity index is 1010. The number of fused-ring (bicyclic) bond motifs is 1. The Hall–Kier alpha value is -2.76. The highest BCUT2D eigenvalue weighted by molar-refractivity contribution is 6.06. The number of carbonyl (C=O) groups excluding carboxylic acids is 1. The van der Waals surface area contributed by atoms with Crippen molar-refractivity contribution in [1.29, 1.82) is 0 Å². The fraction of sp³-hybridized carbons (Fsp3) is 0.455. The third kappa shape index (κ3) is 3.63. The van der Waals surface area contributed by atoms with Crippen LogP contribution in [0.4, 0.5) is 0 Å². The predicted molar refractivity (Wildman–Crippen MR) is 110 cm³/mol. The summed E-state index contributed by atoms with van der Waals surface area (Å²) in [5.41, 5.74) is 4.26. The van der Waals surface area contributed by atoms with Gasteiger partial charge in [0, 0.05) is 30.6 Å². The molecule has 0 saturated heterocycles. The number of hydrogen-bond acceptors (Lipinski definition) is 4. The predicted octanol–water partition coefficient (Wildman–Crippen LogP) is 3.74. The molecule has 0 spiro atoms. The van der Waals surface area contributed by atoms with Gasteiger partial charge < -0.3 is 5.32 Å². The fourth-order valence-electron chi connectivity index (χ4n) is 3.50. The van der Waals surface area contributed by atoms with Crippen LogP contribution >= 0.6 is 0 Å². The van der Waals surface area contributed by atoms with E-state index in [9.17, 15) is 4.79 Å². The molecule has 0 aromatic carbocycles. The van der Waals surface area contributed by atoms with Crippen molar-refractivity contribution >= 4 is 16.9 Å². The summed E-state index contributed by atoms with van der Waals surface area (Å²) in [7, 11) is 0. The maximum Gasteiger partial charge on any atom is 0.252 e. The van der Waals surface area contributed by atoms with Gasteiger partial charge in [0.25, 0.3) is 5.91 Å². The Labute approximate surface area is 165 Å². The van der Waals surface area contributed by atoms with Crippen molar-refractivity contribution in [3.8, 4) is 0 Å².